The van der Waals surface area contributed by atoms with Crippen molar-refractivity contribution in [3.05, 3.63) is 23.8 Å². The topological polar surface area (TPSA) is 40.5 Å². The highest BCUT2D eigenvalue weighted by atomic mass is 79.9. The number of rotatable bonds is 2. The van der Waals surface area contributed by atoms with Gasteiger partial charge in [0.2, 0.25) is 5.91 Å². The first-order valence-corrected chi connectivity index (χ1v) is 6.40. The van der Waals surface area contributed by atoms with Gasteiger partial charge in [0.05, 0.1) is 5.69 Å². The van der Waals surface area contributed by atoms with Crippen molar-refractivity contribution in [2.45, 2.75) is 13.3 Å². The highest BCUT2D eigenvalue weighted by molar-refractivity contribution is 9.09. The van der Waals surface area contributed by atoms with Gasteiger partial charge >= 0.3 is 0 Å². The van der Waals surface area contributed by atoms with E-state index in [1.54, 1.807) is 17.0 Å². The molecule has 1 heterocycles. The Kier molecular flexibility index (Phi) is 3.19. The molecule has 0 spiro atoms. The van der Waals surface area contributed by atoms with E-state index in [0.717, 1.165) is 10.9 Å². The maximum atomic E-state index is 11.8. The number of hydrogen-bond donors (Lipinski definition) is 1. The summed E-state index contributed by atoms with van der Waals surface area (Å²) in [7, 11) is 0. The van der Waals surface area contributed by atoms with Gasteiger partial charge in [-0.3, -0.25) is 4.79 Å². The average Bonchev–Trinajstić information content (AvgIpc) is 2.60. The number of carbonyl (C=O) groups excluding carboxylic acids is 1. The molecule has 0 radical (unpaired) electrons. The third-order valence-corrected chi connectivity index (χ3v) is 3.76. The average molecular weight is 284 g/mol. The minimum atomic E-state index is 0.0867. The van der Waals surface area contributed by atoms with E-state index >= 15 is 0 Å². The zero-order valence-electron chi connectivity index (χ0n) is 9.11. The van der Waals surface area contributed by atoms with Gasteiger partial charge in [0.1, 0.15) is 5.75 Å². The number of aromatic hydroxyl groups is 1. The molecule has 0 saturated carbocycles. The Balaban J connectivity index is 2.28. The number of alkyl halides is 1. The zero-order valence-corrected chi connectivity index (χ0v) is 10.7. The quantitative estimate of drug-likeness (QED) is 0.847. The maximum absolute atomic E-state index is 11.8. The standard InChI is InChI=1S/C12H14BrNO2/c1-8-2-3-10(11(15)4-8)14-7-9(6-13)5-12(14)16/h2-4,9,15H,5-7H2,1H3. The smallest absolute Gasteiger partial charge is 0.227 e. The fraction of sp³-hybridized carbons (Fsp3) is 0.417. The summed E-state index contributed by atoms with van der Waals surface area (Å²) in [5.74, 6) is 0.611. The number of benzene rings is 1. The first kappa shape index (κ1) is 11.5. The summed E-state index contributed by atoms with van der Waals surface area (Å²) in [6.07, 6.45) is 0.554. The molecule has 16 heavy (non-hydrogen) atoms. The highest BCUT2D eigenvalue weighted by Crippen LogP contribution is 2.33. The van der Waals surface area contributed by atoms with Crippen LogP contribution in [0.3, 0.4) is 0 Å². The molecular weight excluding hydrogens is 270 g/mol. The molecule has 4 heteroatoms. The van der Waals surface area contributed by atoms with Crippen molar-refractivity contribution in [2.75, 3.05) is 16.8 Å². The van der Waals surface area contributed by atoms with E-state index in [9.17, 15) is 9.90 Å². The Morgan fingerprint density at radius 1 is 1.56 bits per heavy atom. The molecule has 2 rings (SSSR count). The fourth-order valence-corrected chi connectivity index (χ4v) is 2.41. The second kappa shape index (κ2) is 4.45. The number of hydrogen-bond acceptors (Lipinski definition) is 2. The molecule has 1 unspecified atom stereocenters. The van der Waals surface area contributed by atoms with E-state index in [1.165, 1.54) is 0 Å². The van der Waals surface area contributed by atoms with Gasteiger partial charge in [-0.05, 0) is 30.5 Å². The van der Waals surface area contributed by atoms with Gasteiger partial charge in [-0.2, -0.15) is 0 Å². The van der Waals surface area contributed by atoms with Crippen LogP contribution in [0, 0.1) is 12.8 Å². The molecule has 1 aliphatic rings. The molecule has 1 amide bonds. The van der Waals surface area contributed by atoms with E-state index in [1.807, 2.05) is 13.0 Å². The number of amides is 1. The van der Waals surface area contributed by atoms with Crippen LogP contribution in [0.15, 0.2) is 18.2 Å². The van der Waals surface area contributed by atoms with Gasteiger partial charge in [0, 0.05) is 18.3 Å². The summed E-state index contributed by atoms with van der Waals surface area (Å²) in [6, 6.07) is 5.40. The molecule has 1 aromatic carbocycles. The number of nitrogens with zero attached hydrogens (tertiary/aromatic N) is 1. The SMILES string of the molecule is Cc1ccc(N2CC(CBr)CC2=O)c(O)c1. The second-order valence-electron chi connectivity index (χ2n) is 4.22. The summed E-state index contributed by atoms with van der Waals surface area (Å²) in [6.45, 7) is 2.59. The Morgan fingerprint density at radius 2 is 2.31 bits per heavy atom. The van der Waals surface area contributed by atoms with Gasteiger partial charge < -0.3 is 10.0 Å². The summed E-state index contributed by atoms with van der Waals surface area (Å²) in [5.41, 5.74) is 1.61. The van der Waals surface area contributed by atoms with E-state index in [-0.39, 0.29) is 11.7 Å². The molecule has 1 fully saturated rings. The van der Waals surface area contributed by atoms with Gasteiger partial charge in [-0.1, -0.05) is 22.0 Å². The number of phenolic OH excluding ortho intramolecular Hbond substituents is 1. The van der Waals surface area contributed by atoms with Crippen LogP contribution in [0.1, 0.15) is 12.0 Å². The molecule has 86 valence electrons. The summed E-state index contributed by atoms with van der Waals surface area (Å²) >= 11 is 3.39. The van der Waals surface area contributed by atoms with Crippen molar-refractivity contribution in [3.8, 4) is 5.75 Å². The molecule has 3 nitrogen and oxygen atoms in total. The molecule has 0 aromatic heterocycles. The fourth-order valence-electron chi connectivity index (χ4n) is 1.98. The molecule has 1 aromatic rings. The Bertz CT molecular complexity index is 419. The lowest BCUT2D eigenvalue weighted by molar-refractivity contribution is -0.117. The summed E-state index contributed by atoms with van der Waals surface area (Å²) in [4.78, 5) is 13.4. The Labute approximate surface area is 103 Å². The van der Waals surface area contributed by atoms with Crippen molar-refractivity contribution < 1.29 is 9.90 Å². The Hall–Kier alpha value is -1.03. The second-order valence-corrected chi connectivity index (χ2v) is 4.87. The van der Waals surface area contributed by atoms with Crippen molar-refractivity contribution in [2.24, 2.45) is 5.92 Å². The zero-order chi connectivity index (χ0) is 11.7. The molecule has 0 aliphatic carbocycles. The molecule has 0 bridgehead atoms. The van der Waals surface area contributed by atoms with Gasteiger partial charge in [-0.25, -0.2) is 0 Å². The normalized spacial score (nSPS) is 20.5. The van der Waals surface area contributed by atoms with E-state index in [4.69, 9.17) is 0 Å². The van der Waals surface area contributed by atoms with E-state index in [0.29, 0.717) is 24.6 Å². The maximum Gasteiger partial charge on any atom is 0.227 e. The van der Waals surface area contributed by atoms with Crippen molar-refractivity contribution in [1.29, 1.82) is 0 Å². The van der Waals surface area contributed by atoms with Crippen molar-refractivity contribution in [1.82, 2.24) is 0 Å². The third-order valence-electron chi connectivity index (χ3n) is 2.85. The molecule has 1 N–H and O–H groups in total. The van der Waals surface area contributed by atoms with Crippen LogP contribution in [-0.2, 0) is 4.79 Å². The number of halogens is 1. The molecule has 1 aliphatic heterocycles. The molecular formula is C12H14BrNO2. The molecule has 1 saturated heterocycles. The van der Waals surface area contributed by atoms with E-state index in [2.05, 4.69) is 15.9 Å². The largest absolute Gasteiger partial charge is 0.506 e. The minimum Gasteiger partial charge on any atom is -0.506 e. The van der Waals surface area contributed by atoms with Crippen LogP contribution in [-0.4, -0.2) is 22.9 Å². The van der Waals surface area contributed by atoms with Crippen LogP contribution in [0.25, 0.3) is 0 Å². The first-order valence-electron chi connectivity index (χ1n) is 5.27. The summed E-state index contributed by atoms with van der Waals surface area (Å²) < 4.78 is 0. The van der Waals surface area contributed by atoms with Crippen LogP contribution < -0.4 is 4.90 Å². The third kappa shape index (κ3) is 2.07. The van der Waals surface area contributed by atoms with Crippen LogP contribution in [0.2, 0.25) is 0 Å². The minimum absolute atomic E-state index is 0.0867. The van der Waals surface area contributed by atoms with Crippen molar-refractivity contribution in [3.63, 3.8) is 0 Å². The summed E-state index contributed by atoms with van der Waals surface area (Å²) in [5, 5.41) is 10.6. The van der Waals surface area contributed by atoms with Crippen LogP contribution in [0.4, 0.5) is 5.69 Å². The van der Waals surface area contributed by atoms with Gasteiger partial charge in [0.15, 0.2) is 0 Å². The first-order chi connectivity index (χ1) is 7.61. The van der Waals surface area contributed by atoms with Gasteiger partial charge in [-0.15, -0.1) is 0 Å². The van der Waals surface area contributed by atoms with Gasteiger partial charge in [0.25, 0.3) is 0 Å². The number of phenols is 1. The number of aryl methyl sites for hydroxylation is 1. The molecule has 1 atom stereocenters. The van der Waals surface area contributed by atoms with E-state index < -0.39 is 0 Å². The van der Waals surface area contributed by atoms with Crippen LogP contribution in [0.5, 0.6) is 5.75 Å². The number of anilines is 1. The number of carbonyl (C=O) groups is 1. The lowest BCUT2D eigenvalue weighted by Crippen LogP contribution is -2.24. The van der Waals surface area contributed by atoms with Crippen LogP contribution >= 0.6 is 15.9 Å². The highest BCUT2D eigenvalue weighted by Gasteiger charge is 2.31. The monoisotopic (exact) mass is 283 g/mol. The lowest BCUT2D eigenvalue weighted by atomic mass is 10.1. The lowest BCUT2D eigenvalue weighted by Gasteiger charge is -2.18. The Morgan fingerprint density at radius 3 is 2.88 bits per heavy atom. The predicted molar refractivity (Wildman–Crippen MR) is 67.1 cm³/mol. The predicted octanol–water partition coefficient (Wildman–Crippen LogP) is 2.45. The van der Waals surface area contributed by atoms with Crippen molar-refractivity contribution >= 4 is 27.5 Å².